The van der Waals surface area contributed by atoms with E-state index >= 15 is 0 Å². The van der Waals surface area contributed by atoms with Crippen molar-refractivity contribution in [3.63, 3.8) is 0 Å². The number of rotatable bonds is 10. The second-order valence-electron chi connectivity index (χ2n) is 8.27. The van der Waals surface area contributed by atoms with Gasteiger partial charge < -0.3 is 25.4 Å². The Morgan fingerprint density at radius 2 is 1.74 bits per heavy atom. The van der Waals surface area contributed by atoms with Gasteiger partial charge in [-0.3, -0.25) is 0 Å². The Balaban J connectivity index is 1.73. The third-order valence-corrected chi connectivity index (χ3v) is 7.55. The molecule has 13 heteroatoms. The van der Waals surface area contributed by atoms with Crippen LogP contribution in [0.1, 0.15) is 5.56 Å². The molecule has 0 saturated heterocycles. The van der Waals surface area contributed by atoms with Gasteiger partial charge in [0.25, 0.3) is 0 Å². The van der Waals surface area contributed by atoms with Crippen LogP contribution in [0.25, 0.3) is 17.1 Å². The average Bonchev–Trinajstić information content (AvgIpc) is 3.26. The zero-order valence-corrected chi connectivity index (χ0v) is 21.4. The Morgan fingerprint density at radius 1 is 1.03 bits per heavy atom. The fraction of sp³-hybridized carbons (Fsp3) is 0.200. The summed E-state index contributed by atoms with van der Waals surface area (Å²) in [4.78, 5) is -0.538. The van der Waals surface area contributed by atoms with E-state index < -0.39 is 38.2 Å². The van der Waals surface area contributed by atoms with Gasteiger partial charge >= 0.3 is 6.01 Å². The fourth-order valence-electron chi connectivity index (χ4n) is 3.78. The van der Waals surface area contributed by atoms with Crippen LogP contribution in [0.3, 0.4) is 0 Å². The summed E-state index contributed by atoms with van der Waals surface area (Å²) in [6, 6.07) is 13.6. The van der Waals surface area contributed by atoms with Crippen molar-refractivity contribution >= 4 is 10.0 Å². The van der Waals surface area contributed by atoms with E-state index in [9.17, 15) is 28.1 Å². The number of phenols is 2. The van der Waals surface area contributed by atoms with Crippen molar-refractivity contribution < 1.29 is 32.9 Å². The van der Waals surface area contributed by atoms with Gasteiger partial charge in [0, 0.05) is 31.8 Å². The summed E-state index contributed by atoms with van der Waals surface area (Å²) in [5.41, 5.74) is 0.257. The summed E-state index contributed by atoms with van der Waals surface area (Å²) in [5, 5.41) is 41.6. The van der Waals surface area contributed by atoms with Crippen molar-refractivity contribution in [1.29, 1.82) is 0 Å². The fourth-order valence-corrected chi connectivity index (χ4v) is 5.01. The molecular weight excluding hydrogens is 517 g/mol. The Bertz CT molecular complexity index is 1560. The molecule has 1 heterocycles. The molecule has 4 N–H and O–H groups in total. The average molecular weight is 544 g/mol. The highest BCUT2D eigenvalue weighted by Crippen LogP contribution is 2.39. The third-order valence-electron chi connectivity index (χ3n) is 5.72. The molecule has 1 aromatic heterocycles. The summed E-state index contributed by atoms with van der Waals surface area (Å²) in [7, 11) is -1.21. The molecule has 0 amide bonds. The molecule has 4 aromatic rings. The van der Waals surface area contributed by atoms with Crippen LogP contribution in [0.15, 0.2) is 65.6 Å². The molecular formula is C25H26FN5O6S. The van der Waals surface area contributed by atoms with E-state index in [4.69, 9.17) is 4.74 Å². The number of aromatic nitrogens is 3. The molecule has 3 aromatic carbocycles. The molecule has 0 fully saturated rings. The van der Waals surface area contributed by atoms with E-state index in [0.29, 0.717) is 24.5 Å². The number of hydrogen-bond donors (Lipinski definition) is 4. The maximum Gasteiger partial charge on any atom is 0.319 e. The second-order valence-corrected chi connectivity index (χ2v) is 10.3. The number of nitrogens with zero attached hydrogens (tertiary/aromatic N) is 4. The minimum absolute atomic E-state index is 0.0834. The topological polar surface area (TPSA) is 150 Å². The molecule has 0 spiro atoms. The summed E-state index contributed by atoms with van der Waals surface area (Å²) in [6.07, 6.45) is 0. The quantitative estimate of drug-likeness (QED) is 0.221. The first-order chi connectivity index (χ1) is 18.1. The van der Waals surface area contributed by atoms with E-state index in [-0.39, 0.29) is 23.6 Å². The molecule has 0 bridgehead atoms. The third kappa shape index (κ3) is 5.25. The van der Waals surface area contributed by atoms with Gasteiger partial charge in [0.15, 0.2) is 5.82 Å². The minimum Gasteiger partial charge on any atom is -0.507 e. The minimum atomic E-state index is -4.33. The molecule has 0 aliphatic heterocycles. The number of benzene rings is 3. The lowest BCUT2D eigenvalue weighted by Crippen LogP contribution is -2.27. The van der Waals surface area contributed by atoms with Crippen LogP contribution >= 0.6 is 0 Å². The second kappa shape index (κ2) is 11.0. The molecule has 0 saturated carbocycles. The van der Waals surface area contributed by atoms with E-state index in [1.54, 1.807) is 31.3 Å². The molecule has 38 heavy (non-hydrogen) atoms. The van der Waals surface area contributed by atoms with E-state index in [1.807, 2.05) is 0 Å². The van der Waals surface area contributed by atoms with E-state index in [0.717, 1.165) is 27.1 Å². The van der Waals surface area contributed by atoms with Gasteiger partial charge in [-0.1, -0.05) is 35.4 Å². The maximum atomic E-state index is 14.5. The lowest BCUT2D eigenvalue weighted by atomic mass is 10.1. The first kappa shape index (κ1) is 26.9. The van der Waals surface area contributed by atoms with Gasteiger partial charge in [-0.2, -0.15) is 4.31 Å². The standard InChI is InChI=1S/C25H26FN5O6S/c1-27-11-12-37-22-10-6-3-7-16(22)15-30(2)38(35,36)23-13-17(20(32)14-21(23)33)24-28-29-25(34)31(24)19-9-5-4-8-18(19)26/h3-10,13-14,27,32-33H,11-12,15H2,1-2H3,(H,29,34). The SMILES string of the molecule is CNCCOc1ccccc1CN(C)S(=O)(=O)c1cc(-c2nnc(O)n2-c2ccccc2F)c(O)cc1O. The highest BCUT2D eigenvalue weighted by Gasteiger charge is 2.29. The molecule has 200 valence electrons. The van der Waals surface area contributed by atoms with Crippen LogP contribution in [-0.4, -0.2) is 70.1 Å². The first-order valence-electron chi connectivity index (χ1n) is 11.4. The predicted octanol–water partition coefficient (Wildman–Crippen LogP) is 2.61. The Labute approximate surface area is 218 Å². The molecule has 0 aliphatic rings. The van der Waals surface area contributed by atoms with Crippen molar-refractivity contribution in [2.75, 3.05) is 27.2 Å². The van der Waals surface area contributed by atoms with Gasteiger partial charge in [0.1, 0.15) is 34.6 Å². The molecule has 0 unspecified atom stereocenters. The summed E-state index contributed by atoms with van der Waals surface area (Å²) >= 11 is 0. The largest absolute Gasteiger partial charge is 0.507 e. The molecule has 0 aliphatic carbocycles. The monoisotopic (exact) mass is 543 g/mol. The van der Waals surface area contributed by atoms with Crippen molar-refractivity contribution in [2.24, 2.45) is 0 Å². The van der Waals surface area contributed by atoms with Crippen LogP contribution in [0.5, 0.6) is 23.3 Å². The van der Waals surface area contributed by atoms with Crippen LogP contribution in [-0.2, 0) is 16.6 Å². The molecule has 0 radical (unpaired) electrons. The lowest BCUT2D eigenvalue weighted by Gasteiger charge is -2.20. The van der Waals surface area contributed by atoms with Gasteiger partial charge in [-0.25, -0.2) is 17.4 Å². The Morgan fingerprint density at radius 3 is 2.47 bits per heavy atom. The maximum absolute atomic E-state index is 14.5. The smallest absolute Gasteiger partial charge is 0.319 e. The van der Waals surface area contributed by atoms with Crippen molar-refractivity contribution in [1.82, 2.24) is 24.4 Å². The normalized spacial score (nSPS) is 11.7. The number of para-hydroxylation sites is 2. The zero-order chi connectivity index (χ0) is 27.4. The van der Waals surface area contributed by atoms with E-state index in [2.05, 4.69) is 15.5 Å². The number of ether oxygens (including phenoxy) is 1. The van der Waals surface area contributed by atoms with Crippen LogP contribution in [0.4, 0.5) is 4.39 Å². The summed E-state index contributed by atoms with van der Waals surface area (Å²) in [6.45, 7) is 0.890. The zero-order valence-electron chi connectivity index (χ0n) is 20.5. The number of aromatic hydroxyl groups is 3. The number of phenolic OH excluding ortho intramolecular Hbond substituents is 2. The van der Waals surface area contributed by atoms with Gasteiger partial charge in [0.05, 0.1) is 11.3 Å². The van der Waals surface area contributed by atoms with Crippen LogP contribution in [0.2, 0.25) is 0 Å². The number of nitrogens with one attached hydrogen (secondary N) is 1. The lowest BCUT2D eigenvalue weighted by molar-refractivity contribution is 0.312. The number of halogens is 1. The number of sulfonamides is 1. The van der Waals surface area contributed by atoms with E-state index in [1.165, 1.54) is 25.2 Å². The van der Waals surface area contributed by atoms with Crippen molar-refractivity contribution in [3.05, 3.63) is 72.0 Å². The van der Waals surface area contributed by atoms with Crippen molar-refractivity contribution in [2.45, 2.75) is 11.4 Å². The summed E-state index contributed by atoms with van der Waals surface area (Å²) in [5.74, 6) is -1.72. The van der Waals surface area contributed by atoms with Crippen LogP contribution in [0, 0.1) is 5.82 Å². The van der Waals surface area contributed by atoms with Gasteiger partial charge in [-0.05, 0) is 31.3 Å². The highest BCUT2D eigenvalue weighted by atomic mass is 32.2. The Hall–Kier alpha value is -4.20. The first-order valence-corrected chi connectivity index (χ1v) is 12.9. The van der Waals surface area contributed by atoms with Gasteiger partial charge in [-0.15, -0.1) is 5.10 Å². The number of likely N-dealkylation sites (N-methyl/N-ethyl adjacent to an activating group) is 1. The molecule has 11 nitrogen and oxygen atoms in total. The number of hydrogen-bond acceptors (Lipinski definition) is 9. The molecule has 4 rings (SSSR count). The van der Waals surface area contributed by atoms with Gasteiger partial charge in [0.2, 0.25) is 10.0 Å². The van der Waals surface area contributed by atoms with Crippen molar-refractivity contribution in [3.8, 4) is 40.3 Å². The summed E-state index contributed by atoms with van der Waals surface area (Å²) < 4.78 is 49.2. The highest BCUT2D eigenvalue weighted by molar-refractivity contribution is 7.89. The predicted molar refractivity (Wildman–Crippen MR) is 136 cm³/mol. The molecule has 0 atom stereocenters. The van der Waals surface area contributed by atoms with Crippen LogP contribution < -0.4 is 10.1 Å². The Kier molecular flexibility index (Phi) is 7.80.